The van der Waals surface area contributed by atoms with Gasteiger partial charge in [-0.05, 0) is 13.3 Å². The zero-order chi connectivity index (χ0) is 16.5. The first-order valence-corrected chi connectivity index (χ1v) is 8.85. The minimum Gasteiger partial charge on any atom is -0.347 e. The Kier molecular flexibility index (Phi) is 3.90. The fraction of sp³-hybridized carbons (Fsp3) is 0.278. The van der Waals surface area contributed by atoms with Crippen LogP contribution in [-0.2, 0) is 13.0 Å². The average molecular weight is 338 g/mol. The number of rotatable bonds is 3. The molecule has 1 amide bonds. The molecule has 0 spiro atoms. The lowest BCUT2D eigenvalue weighted by Gasteiger charge is -2.24. The van der Waals surface area contributed by atoms with Gasteiger partial charge >= 0.3 is 0 Å². The summed E-state index contributed by atoms with van der Waals surface area (Å²) < 4.78 is 2.14. The number of aryl methyl sites for hydroxylation is 2. The fourth-order valence-electron chi connectivity index (χ4n) is 3.05. The standard InChI is InChI=1S/C18H18N4OS/c1-12-10-22-11-14(7-8-16(22)20-12)21-17(23)15-9-19-18(24-15)13-5-3-2-4-6-13/h2-6,9-10,14H,7-8,11H2,1H3,(H,21,23). The molecule has 4 rings (SSSR count). The Morgan fingerprint density at radius 3 is 3.00 bits per heavy atom. The lowest BCUT2D eigenvalue weighted by atomic mass is 10.1. The van der Waals surface area contributed by atoms with Gasteiger partial charge in [0.15, 0.2) is 0 Å². The summed E-state index contributed by atoms with van der Waals surface area (Å²) in [5.41, 5.74) is 2.07. The molecule has 24 heavy (non-hydrogen) atoms. The predicted molar refractivity (Wildman–Crippen MR) is 94.1 cm³/mol. The minimum atomic E-state index is -0.0417. The smallest absolute Gasteiger partial charge is 0.263 e. The van der Waals surface area contributed by atoms with E-state index < -0.39 is 0 Å². The van der Waals surface area contributed by atoms with E-state index in [-0.39, 0.29) is 11.9 Å². The van der Waals surface area contributed by atoms with Crippen molar-refractivity contribution < 1.29 is 4.79 Å². The third kappa shape index (κ3) is 2.97. The average Bonchev–Trinajstić information content (AvgIpc) is 3.21. The molecule has 0 saturated heterocycles. The largest absolute Gasteiger partial charge is 0.347 e. The Balaban J connectivity index is 1.45. The van der Waals surface area contributed by atoms with Crippen LogP contribution >= 0.6 is 11.3 Å². The van der Waals surface area contributed by atoms with Gasteiger partial charge in [-0.25, -0.2) is 9.97 Å². The Bertz CT molecular complexity index is 868. The van der Waals surface area contributed by atoms with Crippen LogP contribution in [0.15, 0.2) is 42.7 Å². The first-order valence-electron chi connectivity index (χ1n) is 8.04. The summed E-state index contributed by atoms with van der Waals surface area (Å²) in [5, 5.41) is 4.01. The molecular formula is C18H18N4OS. The first kappa shape index (κ1) is 15.1. The molecule has 2 aromatic heterocycles. The van der Waals surface area contributed by atoms with Crippen LogP contribution in [0.5, 0.6) is 0 Å². The van der Waals surface area contributed by atoms with Crippen LogP contribution in [0.25, 0.3) is 10.6 Å². The Morgan fingerprint density at radius 2 is 2.17 bits per heavy atom. The summed E-state index contributed by atoms with van der Waals surface area (Å²) in [5.74, 6) is 1.07. The molecule has 3 aromatic rings. The summed E-state index contributed by atoms with van der Waals surface area (Å²) >= 11 is 1.43. The highest BCUT2D eigenvalue weighted by atomic mass is 32.1. The van der Waals surface area contributed by atoms with Crippen molar-refractivity contribution in [1.82, 2.24) is 19.9 Å². The number of amides is 1. The van der Waals surface area contributed by atoms with E-state index in [2.05, 4.69) is 19.9 Å². The summed E-state index contributed by atoms with van der Waals surface area (Å²) in [6.07, 6.45) is 5.54. The quantitative estimate of drug-likeness (QED) is 0.798. The third-order valence-corrected chi connectivity index (χ3v) is 5.24. The Morgan fingerprint density at radius 1 is 1.33 bits per heavy atom. The van der Waals surface area contributed by atoms with Crippen molar-refractivity contribution in [1.29, 1.82) is 0 Å². The van der Waals surface area contributed by atoms with Gasteiger partial charge in [0, 0.05) is 30.8 Å². The van der Waals surface area contributed by atoms with Gasteiger partial charge in [0.1, 0.15) is 15.7 Å². The lowest BCUT2D eigenvalue weighted by molar-refractivity contribution is 0.0931. The number of nitrogens with one attached hydrogen (secondary N) is 1. The van der Waals surface area contributed by atoms with E-state index in [4.69, 9.17) is 0 Å². The van der Waals surface area contributed by atoms with Crippen LogP contribution in [-0.4, -0.2) is 26.5 Å². The molecule has 3 heterocycles. The van der Waals surface area contributed by atoms with Crippen molar-refractivity contribution in [2.24, 2.45) is 0 Å². The SMILES string of the molecule is Cc1cn2c(n1)CCC(NC(=O)c1cnc(-c3ccccc3)s1)C2. The zero-order valence-corrected chi connectivity index (χ0v) is 14.2. The number of benzene rings is 1. The number of carbonyl (C=O) groups is 1. The number of imidazole rings is 1. The summed E-state index contributed by atoms with van der Waals surface area (Å²) in [4.78, 5) is 22.0. The van der Waals surface area contributed by atoms with Crippen LogP contribution < -0.4 is 5.32 Å². The molecule has 122 valence electrons. The molecule has 1 atom stereocenters. The van der Waals surface area contributed by atoms with Crippen molar-refractivity contribution in [3.8, 4) is 10.6 Å². The number of aromatic nitrogens is 3. The second-order valence-electron chi connectivity index (χ2n) is 6.06. The summed E-state index contributed by atoms with van der Waals surface area (Å²) in [7, 11) is 0. The van der Waals surface area contributed by atoms with Crippen molar-refractivity contribution >= 4 is 17.2 Å². The molecule has 0 bridgehead atoms. The maximum atomic E-state index is 12.5. The third-order valence-electron chi connectivity index (χ3n) is 4.20. The van der Waals surface area contributed by atoms with Crippen LogP contribution in [0.1, 0.15) is 27.6 Å². The van der Waals surface area contributed by atoms with Gasteiger partial charge in [-0.1, -0.05) is 30.3 Å². The lowest BCUT2D eigenvalue weighted by Crippen LogP contribution is -2.40. The zero-order valence-electron chi connectivity index (χ0n) is 13.4. The monoisotopic (exact) mass is 338 g/mol. The minimum absolute atomic E-state index is 0.0417. The molecule has 1 aromatic carbocycles. The van der Waals surface area contributed by atoms with E-state index in [1.165, 1.54) is 11.3 Å². The molecule has 0 saturated carbocycles. The molecule has 1 unspecified atom stereocenters. The summed E-state index contributed by atoms with van der Waals surface area (Å²) in [6, 6.07) is 10.1. The summed E-state index contributed by atoms with van der Waals surface area (Å²) in [6.45, 7) is 2.79. The van der Waals surface area contributed by atoms with Crippen LogP contribution in [0.4, 0.5) is 0 Å². The molecule has 6 heteroatoms. The van der Waals surface area contributed by atoms with Crippen LogP contribution in [0.2, 0.25) is 0 Å². The number of fused-ring (bicyclic) bond motifs is 1. The first-order chi connectivity index (χ1) is 11.7. The predicted octanol–water partition coefficient (Wildman–Crippen LogP) is 3.06. The van der Waals surface area contributed by atoms with Gasteiger partial charge in [0.2, 0.25) is 0 Å². The van der Waals surface area contributed by atoms with Crippen molar-refractivity contribution in [3.63, 3.8) is 0 Å². The number of thiazole rings is 1. The van der Waals surface area contributed by atoms with Crippen LogP contribution in [0.3, 0.4) is 0 Å². The van der Waals surface area contributed by atoms with Gasteiger partial charge in [-0.15, -0.1) is 11.3 Å². The number of hydrogen-bond donors (Lipinski definition) is 1. The van der Waals surface area contributed by atoms with Crippen molar-refractivity contribution in [2.75, 3.05) is 0 Å². The number of hydrogen-bond acceptors (Lipinski definition) is 4. The molecule has 0 radical (unpaired) electrons. The highest BCUT2D eigenvalue weighted by molar-refractivity contribution is 7.16. The topological polar surface area (TPSA) is 59.8 Å². The molecule has 0 aliphatic carbocycles. The van der Waals surface area contributed by atoms with Gasteiger partial charge < -0.3 is 9.88 Å². The van der Waals surface area contributed by atoms with E-state index >= 15 is 0 Å². The van der Waals surface area contributed by atoms with Crippen molar-refractivity contribution in [3.05, 3.63) is 59.1 Å². The highest BCUT2D eigenvalue weighted by Crippen LogP contribution is 2.25. The Labute approximate surface area is 144 Å². The molecule has 0 fully saturated rings. The van der Waals surface area contributed by atoms with Gasteiger partial charge in [-0.2, -0.15) is 0 Å². The van der Waals surface area contributed by atoms with Crippen molar-refractivity contribution in [2.45, 2.75) is 32.4 Å². The number of carbonyl (C=O) groups excluding carboxylic acids is 1. The van der Waals surface area contributed by atoms with E-state index in [0.717, 1.165) is 41.5 Å². The van der Waals surface area contributed by atoms with Gasteiger partial charge in [-0.3, -0.25) is 4.79 Å². The number of nitrogens with zero attached hydrogens (tertiary/aromatic N) is 3. The highest BCUT2D eigenvalue weighted by Gasteiger charge is 2.22. The molecule has 5 nitrogen and oxygen atoms in total. The second-order valence-corrected chi connectivity index (χ2v) is 7.09. The van der Waals surface area contributed by atoms with Gasteiger partial charge in [0.25, 0.3) is 5.91 Å². The molecular weight excluding hydrogens is 320 g/mol. The fourth-order valence-corrected chi connectivity index (χ4v) is 3.88. The van der Waals surface area contributed by atoms with E-state index in [1.807, 2.05) is 43.5 Å². The maximum Gasteiger partial charge on any atom is 0.263 e. The normalized spacial score (nSPS) is 16.6. The molecule has 1 N–H and O–H groups in total. The molecule has 1 aliphatic rings. The Hall–Kier alpha value is -2.47. The molecule has 1 aliphatic heterocycles. The van der Waals surface area contributed by atoms with E-state index in [0.29, 0.717) is 4.88 Å². The maximum absolute atomic E-state index is 12.5. The van der Waals surface area contributed by atoms with Crippen LogP contribution in [0, 0.1) is 6.92 Å². The second kappa shape index (κ2) is 6.20. The van der Waals surface area contributed by atoms with E-state index in [9.17, 15) is 4.79 Å². The van der Waals surface area contributed by atoms with E-state index in [1.54, 1.807) is 6.20 Å². The van der Waals surface area contributed by atoms with Gasteiger partial charge in [0.05, 0.1) is 11.9 Å².